The second kappa shape index (κ2) is 14.2. The van der Waals surface area contributed by atoms with E-state index in [0.717, 1.165) is 0 Å². The Morgan fingerprint density at radius 3 is 2.13 bits per heavy atom. The molecule has 0 aliphatic carbocycles. The van der Waals surface area contributed by atoms with Crippen molar-refractivity contribution in [3.05, 3.63) is 0 Å². The van der Waals surface area contributed by atoms with Gasteiger partial charge in [-0.25, -0.2) is 13.2 Å². The van der Waals surface area contributed by atoms with Gasteiger partial charge in [-0.1, -0.05) is 13.3 Å². The number of nitrogens with one attached hydrogen (secondary N) is 1. The van der Waals surface area contributed by atoms with E-state index in [9.17, 15) is 44.3 Å². The van der Waals surface area contributed by atoms with Gasteiger partial charge in [-0.2, -0.15) is 30.0 Å². The number of ether oxygens (including phenoxy) is 4. The molecule has 5 N–H and O–H groups in total. The predicted octanol–water partition coefficient (Wildman–Crippen LogP) is -1.05. The second-order valence-corrected chi connectivity index (χ2v) is 12.1. The fourth-order valence-electron chi connectivity index (χ4n) is 4.39. The molecule has 18 nitrogen and oxygen atoms in total. The molecular weight excluding hydrogens is 598 g/mol. The van der Waals surface area contributed by atoms with Gasteiger partial charge in [0.25, 0.3) is 0 Å². The van der Waals surface area contributed by atoms with Gasteiger partial charge >= 0.3 is 37.1 Å². The second-order valence-electron chi connectivity index (χ2n) is 8.75. The summed E-state index contributed by atoms with van der Waals surface area (Å²) in [7, 11) is -14.8. The highest BCUT2D eigenvalue weighted by atomic mass is 32.3. The Bertz CT molecular complexity index is 1130. The Labute approximate surface area is 226 Å². The summed E-state index contributed by atoms with van der Waals surface area (Å²) in [6.45, 7) is 2.97. The lowest BCUT2D eigenvalue weighted by atomic mass is 9.89. The molecule has 0 aromatic rings. The average molecular weight is 632 g/mol. The van der Waals surface area contributed by atoms with Gasteiger partial charge < -0.3 is 24.1 Å². The Morgan fingerprint density at radius 1 is 0.949 bits per heavy atom. The van der Waals surface area contributed by atoms with Gasteiger partial charge in [0, 0.05) is 19.6 Å². The Morgan fingerprint density at radius 2 is 1.62 bits per heavy atom. The van der Waals surface area contributed by atoms with Crippen LogP contribution in [0.3, 0.4) is 0 Å². The van der Waals surface area contributed by atoms with Crippen molar-refractivity contribution in [3.63, 3.8) is 0 Å². The molecule has 2 rings (SSSR count). The van der Waals surface area contributed by atoms with Gasteiger partial charge in [-0.05, 0) is 25.7 Å². The van der Waals surface area contributed by atoms with Crippen molar-refractivity contribution in [1.82, 2.24) is 4.72 Å². The minimum Gasteiger partial charge on any atom is -0.479 e. The first kappa shape index (κ1) is 34.1. The van der Waals surface area contributed by atoms with Crippen LogP contribution in [0, 0.1) is 5.92 Å². The molecule has 0 amide bonds. The van der Waals surface area contributed by atoms with E-state index in [2.05, 4.69) is 8.37 Å². The lowest BCUT2D eigenvalue weighted by Gasteiger charge is -2.44. The minimum absolute atomic E-state index is 0.0232. The highest BCUT2D eigenvalue weighted by Gasteiger charge is 2.48. The third-order valence-electron chi connectivity index (χ3n) is 6.01. The molecule has 4 unspecified atom stereocenters. The molecule has 21 heteroatoms. The molecule has 230 valence electrons. The summed E-state index contributed by atoms with van der Waals surface area (Å²) in [5.74, 6) is -2.12. The molecule has 0 spiro atoms. The quantitative estimate of drug-likeness (QED) is 0.106. The van der Waals surface area contributed by atoms with Crippen LogP contribution in [0.2, 0.25) is 0 Å². The largest absolute Gasteiger partial charge is 0.479 e. The Kier molecular flexibility index (Phi) is 12.4. The summed E-state index contributed by atoms with van der Waals surface area (Å²) in [6.07, 6.45) is -9.11. The van der Waals surface area contributed by atoms with Gasteiger partial charge in [0.05, 0.1) is 24.9 Å². The lowest BCUT2D eigenvalue weighted by molar-refractivity contribution is -0.277. The van der Waals surface area contributed by atoms with Gasteiger partial charge in [-0.3, -0.25) is 13.7 Å². The molecule has 2 fully saturated rings. The maximum atomic E-state index is 12.0. The minimum atomic E-state index is -5.03. The van der Waals surface area contributed by atoms with Crippen LogP contribution in [0.5, 0.6) is 0 Å². The summed E-state index contributed by atoms with van der Waals surface area (Å²) >= 11 is 0. The van der Waals surface area contributed by atoms with Crippen molar-refractivity contribution < 1.29 is 76.1 Å². The van der Waals surface area contributed by atoms with E-state index in [1.54, 1.807) is 13.8 Å². The van der Waals surface area contributed by atoms with Crippen molar-refractivity contribution in [2.75, 3.05) is 19.8 Å². The normalized spacial score (nSPS) is 32.6. The first-order valence-electron chi connectivity index (χ1n) is 11.7. The van der Waals surface area contributed by atoms with Crippen LogP contribution < -0.4 is 4.72 Å². The molecule has 2 saturated heterocycles. The fourth-order valence-corrected chi connectivity index (χ4v) is 5.80. The first-order chi connectivity index (χ1) is 17.9. The number of carboxylic acid groups (broad SMARTS) is 1. The number of hydrogen-bond acceptors (Lipinski definition) is 13. The molecule has 39 heavy (non-hydrogen) atoms. The summed E-state index contributed by atoms with van der Waals surface area (Å²) < 4.78 is 129. The topological polar surface area (TPSA) is 268 Å². The van der Waals surface area contributed by atoms with Crippen molar-refractivity contribution in [2.24, 2.45) is 5.92 Å². The molecule has 2 heterocycles. The monoisotopic (exact) mass is 631 g/mol. The molecule has 0 saturated carbocycles. The number of aliphatic carboxylic acids is 1. The summed E-state index contributed by atoms with van der Waals surface area (Å²) in [5, 5.41) is 9.75. The molecule has 8 atom stereocenters. The van der Waals surface area contributed by atoms with Crippen LogP contribution in [-0.2, 0) is 63.2 Å². The summed E-state index contributed by atoms with van der Waals surface area (Å²) in [4.78, 5) is 12.0. The van der Waals surface area contributed by atoms with Crippen molar-refractivity contribution >= 4 is 37.1 Å². The molecule has 0 aromatic heterocycles. The van der Waals surface area contributed by atoms with Crippen LogP contribution in [0.25, 0.3) is 0 Å². The van der Waals surface area contributed by atoms with E-state index >= 15 is 0 Å². The number of carboxylic acids is 1. The lowest BCUT2D eigenvalue weighted by Crippen LogP contribution is -2.59. The Hall–Kier alpha value is -1.08. The third kappa shape index (κ3) is 11.7. The number of carbonyl (C=O) groups is 1. The SMILES string of the molecule is CCOCC[C@@H]1OC(C(=O)O)[C@H](O[C@@H]2OC(COS(=O)(=O)O)[C@@H](CC)CC2NS(=O)(=O)O)CC1OS(=O)(=O)O. The number of rotatable bonds is 15. The maximum Gasteiger partial charge on any atom is 0.397 e. The average Bonchev–Trinajstić information content (AvgIpc) is 2.77. The van der Waals surface area contributed by atoms with E-state index in [-0.39, 0.29) is 19.4 Å². The predicted molar refractivity (Wildman–Crippen MR) is 126 cm³/mol. The van der Waals surface area contributed by atoms with E-state index < -0.39 is 98.9 Å². The standard InChI is InChI=1S/C18H33NO17S3/c1-3-10-7-11(19-37(22,23)24)18(35-15(10)9-32-38(25,26)27)34-14-8-13(36-39(28,29)30)12(5-6-31-4-2)33-16(14)17(20)21/h10-16,18-19H,3-9H2,1-2H3,(H,20,21)(H,22,23,24)(H,25,26,27)(H,28,29,30)/t10-,11?,12-,13?,14+,15?,16?,18+/m0/s1. The highest BCUT2D eigenvalue weighted by Crippen LogP contribution is 2.34. The smallest absolute Gasteiger partial charge is 0.397 e. The fraction of sp³-hybridized carbons (Fsp3) is 0.944. The van der Waals surface area contributed by atoms with Gasteiger partial charge in [0.1, 0.15) is 12.2 Å². The van der Waals surface area contributed by atoms with Crippen LogP contribution in [-0.4, -0.2) is 113 Å². The zero-order chi connectivity index (χ0) is 29.6. The first-order valence-corrected chi connectivity index (χ1v) is 15.9. The molecule has 0 radical (unpaired) electrons. The van der Waals surface area contributed by atoms with Crippen LogP contribution in [0.15, 0.2) is 0 Å². The van der Waals surface area contributed by atoms with Gasteiger partial charge in [0.15, 0.2) is 12.4 Å². The van der Waals surface area contributed by atoms with Crippen LogP contribution in [0.1, 0.15) is 39.5 Å². The molecule has 0 aromatic carbocycles. The van der Waals surface area contributed by atoms with Crippen molar-refractivity contribution in [3.8, 4) is 0 Å². The van der Waals surface area contributed by atoms with Crippen LogP contribution >= 0.6 is 0 Å². The highest BCUT2D eigenvalue weighted by molar-refractivity contribution is 7.83. The summed E-state index contributed by atoms with van der Waals surface area (Å²) in [5.41, 5.74) is 0. The third-order valence-corrected chi connectivity index (χ3v) is 7.54. The van der Waals surface area contributed by atoms with E-state index in [1.807, 2.05) is 4.72 Å². The molecule has 2 aliphatic heterocycles. The maximum absolute atomic E-state index is 12.0. The Balaban J connectivity index is 2.35. The van der Waals surface area contributed by atoms with E-state index in [0.29, 0.717) is 13.0 Å². The van der Waals surface area contributed by atoms with Gasteiger partial charge in [-0.15, -0.1) is 0 Å². The number of hydrogen-bond donors (Lipinski definition) is 5. The van der Waals surface area contributed by atoms with E-state index in [4.69, 9.17) is 23.5 Å². The molecule has 0 bridgehead atoms. The molecule has 2 aliphatic rings. The van der Waals surface area contributed by atoms with Crippen molar-refractivity contribution in [1.29, 1.82) is 0 Å². The van der Waals surface area contributed by atoms with Crippen LogP contribution in [0.4, 0.5) is 0 Å². The summed E-state index contributed by atoms with van der Waals surface area (Å²) in [6, 6.07) is -1.34. The zero-order valence-corrected chi connectivity index (χ0v) is 23.3. The molecular formula is C18H33NO17S3. The van der Waals surface area contributed by atoms with E-state index in [1.165, 1.54) is 0 Å². The zero-order valence-electron chi connectivity index (χ0n) is 20.9. The van der Waals surface area contributed by atoms with Gasteiger partial charge in [0.2, 0.25) is 0 Å². The van der Waals surface area contributed by atoms with Crippen molar-refractivity contribution in [2.45, 2.75) is 82.4 Å².